The lowest BCUT2D eigenvalue weighted by molar-refractivity contribution is 1.30. The van der Waals surface area contributed by atoms with E-state index >= 15 is 0 Å². The summed E-state index contributed by atoms with van der Waals surface area (Å²) in [6, 6.07) is 57.2. The highest BCUT2D eigenvalue weighted by atomic mass is 32.1. The van der Waals surface area contributed by atoms with E-state index in [1.807, 2.05) is 12.4 Å². The van der Waals surface area contributed by atoms with E-state index in [4.69, 9.17) is 0 Å². The molecule has 0 saturated heterocycles. The Kier molecular flexibility index (Phi) is 6.36. The second-order valence-corrected chi connectivity index (χ2v) is 12.7. The van der Waals surface area contributed by atoms with Crippen LogP contribution >= 0.6 is 11.3 Å². The molecular formula is C43H28N2S. The monoisotopic (exact) mass is 604 g/mol. The molecule has 3 heteroatoms. The molecular weight excluding hydrogens is 577 g/mol. The van der Waals surface area contributed by atoms with Crippen molar-refractivity contribution in [2.45, 2.75) is 0 Å². The molecule has 9 rings (SSSR count). The number of fused-ring (bicyclic) bond motifs is 5. The molecule has 7 aromatic carbocycles. The van der Waals surface area contributed by atoms with Gasteiger partial charge in [-0.1, -0.05) is 121 Å². The Morgan fingerprint density at radius 1 is 0.435 bits per heavy atom. The van der Waals surface area contributed by atoms with E-state index < -0.39 is 0 Å². The van der Waals surface area contributed by atoms with Gasteiger partial charge < -0.3 is 4.90 Å². The summed E-state index contributed by atoms with van der Waals surface area (Å²) < 4.78 is 2.46. The van der Waals surface area contributed by atoms with E-state index in [1.165, 1.54) is 64.0 Å². The molecule has 0 N–H and O–H groups in total. The predicted molar refractivity (Wildman–Crippen MR) is 198 cm³/mol. The fourth-order valence-electron chi connectivity index (χ4n) is 6.80. The third-order valence-corrected chi connectivity index (χ3v) is 10.1. The molecule has 0 unspecified atom stereocenters. The average Bonchev–Trinajstić information content (AvgIpc) is 3.50. The highest BCUT2D eigenvalue weighted by Gasteiger charge is 2.19. The van der Waals surface area contributed by atoms with Gasteiger partial charge in [0.15, 0.2) is 0 Å². The summed E-state index contributed by atoms with van der Waals surface area (Å²) in [6.07, 6.45) is 3.85. The van der Waals surface area contributed by atoms with E-state index in [0.717, 1.165) is 17.1 Å². The van der Waals surface area contributed by atoms with Gasteiger partial charge in [0.25, 0.3) is 0 Å². The van der Waals surface area contributed by atoms with Crippen molar-refractivity contribution in [2.24, 2.45) is 0 Å². The number of hydrogen-bond acceptors (Lipinski definition) is 3. The number of benzene rings is 7. The molecule has 2 aromatic heterocycles. The summed E-state index contributed by atoms with van der Waals surface area (Å²) in [7, 11) is 0. The average molecular weight is 605 g/mol. The largest absolute Gasteiger partial charge is 0.310 e. The lowest BCUT2D eigenvalue weighted by atomic mass is 9.96. The summed E-state index contributed by atoms with van der Waals surface area (Å²) in [5, 5.41) is 7.48. The van der Waals surface area contributed by atoms with Crippen molar-refractivity contribution < 1.29 is 0 Å². The molecule has 0 aliphatic carbocycles. The van der Waals surface area contributed by atoms with Gasteiger partial charge in [-0.3, -0.25) is 4.98 Å². The van der Waals surface area contributed by atoms with Crippen LogP contribution in [0.5, 0.6) is 0 Å². The first-order valence-corrected chi connectivity index (χ1v) is 16.4. The highest BCUT2D eigenvalue weighted by Crippen LogP contribution is 2.44. The molecule has 0 aliphatic heterocycles. The number of nitrogens with zero attached hydrogens (tertiary/aromatic N) is 2. The first kappa shape index (κ1) is 26.6. The lowest BCUT2D eigenvalue weighted by Crippen LogP contribution is -2.10. The van der Waals surface area contributed by atoms with Gasteiger partial charge >= 0.3 is 0 Å². The zero-order valence-electron chi connectivity index (χ0n) is 25.0. The van der Waals surface area contributed by atoms with Crippen LogP contribution in [-0.2, 0) is 0 Å². The minimum atomic E-state index is 1.11. The van der Waals surface area contributed by atoms with Crippen molar-refractivity contribution in [3.05, 3.63) is 170 Å². The maximum atomic E-state index is 4.38. The topological polar surface area (TPSA) is 16.1 Å². The van der Waals surface area contributed by atoms with Crippen LogP contribution in [0.4, 0.5) is 17.1 Å². The molecule has 0 bridgehead atoms. The van der Waals surface area contributed by atoms with Crippen LogP contribution in [-0.4, -0.2) is 4.98 Å². The summed E-state index contributed by atoms with van der Waals surface area (Å²) in [4.78, 5) is 6.79. The predicted octanol–water partition coefficient (Wildman–Crippen LogP) is 12.6. The number of hydrogen-bond donors (Lipinski definition) is 0. The molecule has 0 amide bonds. The summed E-state index contributed by atoms with van der Waals surface area (Å²) >= 11 is 1.80. The molecule has 216 valence electrons. The Hall–Kier alpha value is -5.77. The van der Waals surface area contributed by atoms with Crippen LogP contribution in [0.1, 0.15) is 0 Å². The zero-order valence-corrected chi connectivity index (χ0v) is 25.8. The SMILES string of the molecule is c1ccc(-c2ccc(N(c3ccc(-c4cccc5ccccc45)cc3)c3ccc4c(c3)sc3cnccc34)c3ccccc23)cc1. The van der Waals surface area contributed by atoms with Gasteiger partial charge in [0.05, 0.1) is 10.4 Å². The zero-order chi connectivity index (χ0) is 30.5. The molecule has 0 saturated carbocycles. The Balaban J connectivity index is 1.25. The Bertz CT molecular complexity index is 2530. The fraction of sp³-hybridized carbons (Fsp3) is 0. The summed E-state index contributed by atoms with van der Waals surface area (Å²) in [6.45, 7) is 0. The molecule has 0 radical (unpaired) electrons. The third-order valence-electron chi connectivity index (χ3n) is 8.97. The van der Waals surface area contributed by atoms with E-state index in [2.05, 4.69) is 168 Å². The molecule has 0 atom stereocenters. The van der Waals surface area contributed by atoms with Gasteiger partial charge in [0.2, 0.25) is 0 Å². The van der Waals surface area contributed by atoms with Crippen LogP contribution in [0.2, 0.25) is 0 Å². The molecule has 0 spiro atoms. The van der Waals surface area contributed by atoms with Crippen LogP contribution in [0.25, 0.3) is 64.0 Å². The smallest absolute Gasteiger partial charge is 0.0540 e. The van der Waals surface area contributed by atoms with Gasteiger partial charge in [-0.2, -0.15) is 0 Å². The number of rotatable bonds is 5. The molecule has 0 fully saturated rings. The van der Waals surface area contributed by atoms with Crippen LogP contribution < -0.4 is 4.90 Å². The van der Waals surface area contributed by atoms with Crippen molar-refractivity contribution in [1.82, 2.24) is 4.98 Å². The van der Waals surface area contributed by atoms with Gasteiger partial charge in [0, 0.05) is 44.6 Å². The van der Waals surface area contributed by atoms with E-state index in [1.54, 1.807) is 11.3 Å². The molecule has 2 heterocycles. The number of thiophene rings is 1. The first-order chi connectivity index (χ1) is 22.8. The summed E-state index contributed by atoms with van der Waals surface area (Å²) in [5.74, 6) is 0. The Morgan fingerprint density at radius 2 is 1.11 bits per heavy atom. The van der Waals surface area contributed by atoms with Gasteiger partial charge in [-0.25, -0.2) is 0 Å². The van der Waals surface area contributed by atoms with Crippen molar-refractivity contribution >= 4 is 70.1 Å². The third kappa shape index (κ3) is 4.44. The van der Waals surface area contributed by atoms with Crippen LogP contribution in [0.3, 0.4) is 0 Å². The standard InChI is InChI=1S/C43H28N2S/c1-2-9-29(10-3-1)36-23-24-41(38-15-7-6-14-37(36)38)45(33-21-22-39-40-25-26-44-28-43(40)46-42(39)27-33)32-19-17-31(18-20-32)35-16-8-12-30-11-4-5-13-34(30)35/h1-28H. The second kappa shape index (κ2) is 11.0. The number of anilines is 3. The first-order valence-electron chi connectivity index (χ1n) is 15.5. The van der Waals surface area contributed by atoms with E-state index in [9.17, 15) is 0 Å². The molecule has 2 nitrogen and oxygen atoms in total. The van der Waals surface area contributed by atoms with Crippen molar-refractivity contribution in [3.63, 3.8) is 0 Å². The van der Waals surface area contributed by atoms with Crippen LogP contribution in [0, 0.1) is 0 Å². The number of pyridine rings is 1. The Morgan fingerprint density at radius 3 is 1.98 bits per heavy atom. The lowest BCUT2D eigenvalue weighted by Gasteiger charge is -2.28. The minimum Gasteiger partial charge on any atom is -0.310 e. The number of aromatic nitrogens is 1. The normalized spacial score (nSPS) is 11.5. The molecule has 9 aromatic rings. The van der Waals surface area contributed by atoms with Gasteiger partial charge in [-0.05, 0) is 74.8 Å². The van der Waals surface area contributed by atoms with Crippen LogP contribution in [0.15, 0.2) is 170 Å². The quantitative estimate of drug-likeness (QED) is 0.194. The maximum absolute atomic E-state index is 4.38. The van der Waals surface area contributed by atoms with Gasteiger partial charge in [-0.15, -0.1) is 11.3 Å². The fourth-order valence-corrected chi connectivity index (χ4v) is 7.91. The maximum Gasteiger partial charge on any atom is 0.0540 e. The van der Waals surface area contributed by atoms with Crippen molar-refractivity contribution in [3.8, 4) is 22.3 Å². The molecule has 0 aliphatic rings. The van der Waals surface area contributed by atoms with E-state index in [0.29, 0.717) is 0 Å². The van der Waals surface area contributed by atoms with Crippen molar-refractivity contribution in [2.75, 3.05) is 4.90 Å². The Labute approximate surface area is 271 Å². The minimum absolute atomic E-state index is 1.11. The van der Waals surface area contributed by atoms with Gasteiger partial charge in [0.1, 0.15) is 0 Å². The molecule has 46 heavy (non-hydrogen) atoms. The summed E-state index contributed by atoms with van der Waals surface area (Å²) in [5.41, 5.74) is 8.29. The van der Waals surface area contributed by atoms with E-state index in [-0.39, 0.29) is 0 Å². The highest BCUT2D eigenvalue weighted by molar-refractivity contribution is 7.25. The van der Waals surface area contributed by atoms with Crippen molar-refractivity contribution in [1.29, 1.82) is 0 Å². The second-order valence-electron chi connectivity index (χ2n) is 11.6.